The molecule has 1 N–H and O–H groups in total. The molecule has 0 aromatic heterocycles. The summed E-state index contributed by atoms with van der Waals surface area (Å²) < 4.78 is 5.21. The number of aliphatic carboxylic acids is 1. The number of hydrogen-bond acceptors (Lipinski definition) is 3. The van der Waals surface area contributed by atoms with Crippen molar-refractivity contribution in [3.05, 3.63) is 30.3 Å². The first kappa shape index (κ1) is 14.3. The maximum atomic E-state index is 12.6. The number of benzene rings is 1. The average molecular weight is 278 g/mol. The zero-order valence-corrected chi connectivity index (χ0v) is 11.4. The minimum atomic E-state index is -1.03. The Balaban J connectivity index is 2.26. The van der Waals surface area contributed by atoms with Crippen molar-refractivity contribution in [1.29, 1.82) is 0 Å². The number of amides is 2. The lowest BCUT2D eigenvalue weighted by molar-refractivity contribution is -0.138. The molecule has 6 heteroatoms. The van der Waals surface area contributed by atoms with Crippen LogP contribution < -0.4 is 4.90 Å². The van der Waals surface area contributed by atoms with Gasteiger partial charge in [-0.05, 0) is 19.1 Å². The molecular formula is C14H18N2O4. The largest absolute Gasteiger partial charge is 0.480 e. The van der Waals surface area contributed by atoms with Gasteiger partial charge < -0.3 is 14.7 Å². The summed E-state index contributed by atoms with van der Waals surface area (Å²) in [7, 11) is 0. The van der Waals surface area contributed by atoms with E-state index in [1.165, 1.54) is 11.8 Å². The summed E-state index contributed by atoms with van der Waals surface area (Å²) in [6.07, 6.45) is 0. The first-order valence-electron chi connectivity index (χ1n) is 6.55. The van der Waals surface area contributed by atoms with Crippen LogP contribution in [0.5, 0.6) is 0 Å². The summed E-state index contributed by atoms with van der Waals surface area (Å²) in [5.74, 6) is -1.03. The SMILES string of the molecule is C[C@@H](C(=O)O)N(C(=O)N1CCOCC1)c1ccccc1. The number of carboxylic acids is 1. The standard InChI is InChI=1S/C14H18N2O4/c1-11(13(17)18)16(12-5-3-2-4-6-12)14(19)15-7-9-20-10-8-15/h2-6,11H,7-10H2,1H3,(H,17,18)/t11-/m0/s1. The van der Waals surface area contributed by atoms with Gasteiger partial charge in [0.05, 0.1) is 13.2 Å². The molecule has 1 heterocycles. The molecule has 1 aromatic carbocycles. The number of carbonyl (C=O) groups is 2. The first-order valence-corrected chi connectivity index (χ1v) is 6.55. The van der Waals surface area contributed by atoms with E-state index in [0.717, 1.165) is 0 Å². The molecule has 0 spiro atoms. The third-order valence-corrected chi connectivity index (χ3v) is 3.27. The number of carboxylic acid groups (broad SMARTS) is 1. The predicted octanol–water partition coefficient (Wildman–Crippen LogP) is 1.42. The third kappa shape index (κ3) is 3.08. The van der Waals surface area contributed by atoms with Crippen LogP contribution in [0.2, 0.25) is 0 Å². The molecule has 0 bridgehead atoms. The lowest BCUT2D eigenvalue weighted by Gasteiger charge is -2.34. The van der Waals surface area contributed by atoms with Crippen LogP contribution in [0.3, 0.4) is 0 Å². The molecule has 0 unspecified atom stereocenters. The maximum absolute atomic E-state index is 12.6. The van der Waals surface area contributed by atoms with Gasteiger partial charge in [0, 0.05) is 18.8 Å². The maximum Gasteiger partial charge on any atom is 0.326 e. The molecule has 1 saturated heterocycles. The second-order valence-electron chi connectivity index (χ2n) is 4.60. The van der Waals surface area contributed by atoms with E-state index in [4.69, 9.17) is 4.74 Å². The van der Waals surface area contributed by atoms with Gasteiger partial charge in [-0.1, -0.05) is 18.2 Å². The molecule has 20 heavy (non-hydrogen) atoms. The molecule has 2 rings (SSSR count). The molecular weight excluding hydrogens is 260 g/mol. The fourth-order valence-corrected chi connectivity index (χ4v) is 2.11. The van der Waals surface area contributed by atoms with Crippen molar-refractivity contribution >= 4 is 17.7 Å². The van der Waals surface area contributed by atoms with Crippen LogP contribution in [0.4, 0.5) is 10.5 Å². The Hall–Kier alpha value is -2.08. The van der Waals surface area contributed by atoms with E-state index >= 15 is 0 Å². The van der Waals surface area contributed by atoms with Gasteiger partial charge in [0.25, 0.3) is 0 Å². The number of carbonyl (C=O) groups excluding carboxylic acids is 1. The number of urea groups is 1. The Kier molecular flexibility index (Phi) is 4.57. The van der Waals surface area contributed by atoms with Crippen molar-refractivity contribution in [2.75, 3.05) is 31.2 Å². The topological polar surface area (TPSA) is 70.1 Å². The lowest BCUT2D eigenvalue weighted by atomic mass is 10.2. The minimum absolute atomic E-state index is 0.297. The van der Waals surface area contributed by atoms with Crippen molar-refractivity contribution in [3.8, 4) is 0 Å². The summed E-state index contributed by atoms with van der Waals surface area (Å²) >= 11 is 0. The quantitative estimate of drug-likeness (QED) is 0.907. The monoisotopic (exact) mass is 278 g/mol. The summed E-state index contributed by atoms with van der Waals surface area (Å²) in [6.45, 7) is 3.43. The van der Waals surface area contributed by atoms with E-state index in [1.807, 2.05) is 6.07 Å². The second kappa shape index (κ2) is 6.38. The van der Waals surface area contributed by atoms with Gasteiger partial charge in [-0.3, -0.25) is 4.90 Å². The summed E-state index contributed by atoms with van der Waals surface area (Å²) in [5.41, 5.74) is 0.582. The van der Waals surface area contributed by atoms with Gasteiger partial charge in [0.1, 0.15) is 6.04 Å². The van der Waals surface area contributed by atoms with E-state index in [2.05, 4.69) is 0 Å². The van der Waals surface area contributed by atoms with Crippen LogP contribution in [0.15, 0.2) is 30.3 Å². The van der Waals surface area contributed by atoms with Crippen molar-refractivity contribution in [2.24, 2.45) is 0 Å². The molecule has 1 aromatic rings. The zero-order chi connectivity index (χ0) is 14.5. The average Bonchev–Trinajstić information content (AvgIpc) is 2.49. The smallest absolute Gasteiger partial charge is 0.326 e. The molecule has 108 valence electrons. The highest BCUT2D eigenvalue weighted by Crippen LogP contribution is 2.19. The number of nitrogens with zero attached hydrogens (tertiary/aromatic N) is 2. The van der Waals surface area contributed by atoms with Gasteiger partial charge in [0.2, 0.25) is 0 Å². The number of anilines is 1. The van der Waals surface area contributed by atoms with Gasteiger partial charge >= 0.3 is 12.0 Å². The van der Waals surface area contributed by atoms with Crippen molar-refractivity contribution in [3.63, 3.8) is 0 Å². The number of ether oxygens (including phenoxy) is 1. The molecule has 1 atom stereocenters. The van der Waals surface area contributed by atoms with E-state index < -0.39 is 12.0 Å². The van der Waals surface area contributed by atoms with Gasteiger partial charge in [-0.2, -0.15) is 0 Å². The number of morpholine rings is 1. The number of para-hydroxylation sites is 1. The number of rotatable bonds is 3. The zero-order valence-electron chi connectivity index (χ0n) is 11.4. The molecule has 1 aliphatic rings. The van der Waals surface area contributed by atoms with Gasteiger partial charge in [0.15, 0.2) is 0 Å². The minimum Gasteiger partial charge on any atom is -0.480 e. The van der Waals surface area contributed by atoms with Crippen molar-refractivity contribution in [1.82, 2.24) is 4.90 Å². The Bertz CT molecular complexity index is 471. The molecule has 2 amide bonds. The van der Waals surface area contributed by atoms with E-state index in [0.29, 0.717) is 32.0 Å². The van der Waals surface area contributed by atoms with Crippen molar-refractivity contribution < 1.29 is 19.4 Å². The van der Waals surface area contributed by atoms with E-state index in [9.17, 15) is 14.7 Å². The molecule has 6 nitrogen and oxygen atoms in total. The Labute approximate surface area is 117 Å². The van der Waals surface area contributed by atoms with Crippen LogP contribution in [-0.2, 0) is 9.53 Å². The van der Waals surface area contributed by atoms with Crippen LogP contribution in [-0.4, -0.2) is 54.4 Å². The first-order chi connectivity index (χ1) is 9.61. The summed E-state index contributed by atoms with van der Waals surface area (Å²) in [4.78, 5) is 26.8. The Morgan fingerprint density at radius 2 is 1.85 bits per heavy atom. The Morgan fingerprint density at radius 3 is 2.40 bits per heavy atom. The van der Waals surface area contributed by atoms with E-state index in [1.54, 1.807) is 29.2 Å². The van der Waals surface area contributed by atoms with Crippen LogP contribution in [0, 0.1) is 0 Å². The molecule has 1 aliphatic heterocycles. The highest BCUT2D eigenvalue weighted by atomic mass is 16.5. The summed E-state index contributed by atoms with van der Waals surface area (Å²) in [5, 5.41) is 9.22. The summed E-state index contributed by atoms with van der Waals surface area (Å²) in [6, 6.07) is 7.64. The Morgan fingerprint density at radius 1 is 1.25 bits per heavy atom. The second-order valence-corrected chi connectivity index (χ2v) is 4.60. The molecule has 1 fully saturated rings. The van der Waals surface area contributed by atoms with Crippen LogP contribution in [0.25, 0.3) is 0 Å². The van der Waals surface area contributed by atoms with Gasteiger partial charge in [-0.25, -0.2) is 9.59 Å². The fraction of sp³-hybridized carbons (Fsp3) is 0.429. The van der Waals surface area contributed by atoms with Crippen LogP contribution >= 0.6 is 0 Å². The molecule has 0 radical (unpaired) electrons. The van der Waals surface area contributed by atoms with E-state index in [-0.39, 0.29) is 6.03 Å². The van der Waals surface area contributed by atoms with Crippen LogP contribution in [0.1, 0.15) is 6.92 Å². The molecule has 0 saturated carbocycles. The lowest BCUT2D eigenvalue weighted by Crippen LogP contribution is -2.53. The predicted molar refractivity (Wildman–Crippen MR) is 73.8 cm³/mol. The highest BCUT2D eigenvalue weighted by Gasteiger charge is 2.31. The van der Waals surface area contributed by atoms with Crippen molar-refractivity contribution in [2.45, 2.75) is 13.0 Å². The third-order valence-electron chi connectivity index (χ3n) is 3.27. The molecule has 0 aliphatic carbocycles. The fourth-order valence-electron chi connectivity index (χ4n) is 2.11. The highest BCUT2D eigenvalue weighted by molar-refractivity contribution is 5.98. The van der Waals surface area contributed by atoms with Gasteiger partial charge in [-0.15, -0.1) is 0 Å². The normalized spacial score (nSPS) is 16.6. The number of hydrogen-bond donors (Lipinski definition) is 1.